The minimum Gasteiger partial charge on any atom is -0.363 e. The van der Waals surface area contributed by atoms with Gasteiger partial charge in [-0.15, -0.1) is 0 Å². The van der Waals surface area contributed by atoms with Crippen LogP contribution in [0.4, 0.5) is 10.5 Å². The summed E-state index contributed by atoms with van der Waals surface area (Å²) >= 11 is 7.75. The predicted molar refractivity (Wildman–Crippen MR) is 89.8 cm³/mol. The summed E-state index contributed by atoms with van der Waals surface area (Å²) in [5, 5.41) is -0.0710. The maximum Gasteiger partial charge on any atom is 0.285 e. The molecular formula is C13H15N3OS3. The largest absolute Gasteiger partial charge is 0.363 e. The lowest BCUT2D eigenvalue weighted by atomic mass is 10.3. The molecule has 0 aliphatic rings. The fourth-order valence-electron chi connectivity index (χ4n) is 1.12. The fraction of sp³-hybridized carbons (Fsp3) is 0.308. The molecule has 0 aromatic heterocycles. The highest BCUT2D eigenvalue weighted by Gasteiger charge is 2.10. The van der Waals surface area contributed by atoms with E-state index in [2.05, 4.69) is 4.85 Å². The third-order valence-corrected chi connectivity index (χ3v) is 4.77. The smallest absolute Gasteiger partial charge is 0.285 e. The quantitative estimate of drug-likeness (QED) is 0.466. The highest BCUT2D eigenvalue weighted by Crippen LogP contribution is 2.32. The maximum absolute atomic E-state index is 11.7. The summed E-state index contributed by atoms with van der Waals surface area (Å²) in [6.07, 6.45) is 0. The van der Waals surface area contributed by atoms with Gasteiger partial charge in [-0.1, -0.05) is 24.0 Å². The zero-order chi connectivity index (χ0) is 15.3. The molecule has 106 valence electrons. The van der Waals surface area contributed by atoms with Crippen LogP contribution in [0.15, 0.2) is 28.0 Å². The lowest BCUT2D eigenvalue weighted by Crippen LogP contribution is -2.16. The second-order valence-electron chi connectivity index (χ2n) is 4.30. The second kappa shape index (κ2) is 7.53. The normalized spacial score (nSPS) is 9.75. The number of hydrogen-bond acceptors (Lipinski definition) is 4. The molecule has 0 bridgehead atoms. The minimum absolute atomic E-state index is 0.0710. The van der Waals surface area contributed by atoms with Crippen molar-refractivity contribution in [3.63, 3.8) is 0 Å². The van der Waals surface area contributed by atoms with Gasteiger partial charge in [0.15, 0.2) is 5.69 Å². The van der Waals surface area contributed by atoms with Crippen molar-refractivity contribution >= 4 is 51.0 Å². The van der Waals surface area contributed by atoms with Crippen LogP contribution in [0, 0.1) is 6.57 Å². The number of rotatable bonds is 2. The van der Waals surface area contributed by atoms with Crippen LogP contribution in [-0.2, 0) is 0 Å². The summed E-state index contributed by atoms with van der Waals surface area (Å²) < 4.78 is 0.710. The number of thiocarbonyl (C=S) groups is 1. The van der Waals surface area contributed by atoms with Crippen LogP contribution >= 0.6 is 35.7 Å². The van der Waals surface area contributed by atoms with Crippen molar-refractivity contribution in [2.75, 3.05) is 28.2 Å². The first-order valence-corrected chi connectivity index (χ1v) is 7.68. The third kappa shape index (κ3) is 5.04. The summed E-state index contributed by atoms with van der Waals surface area (Å²) in [4.78, 5) is 20.1. The van der Waals surface area contributed by atoms with E-state index in [1.165, 1.54) is 16.7 Å². The van der Waals surface area contributed by atoms with Gasteiger partial charge >= 0.3 is 0 Å². The number of benzene rings is 1. The Morgan fingerprint density at radius 3 is 2.10 bits per heavy atom. The van der Waals surface area contributed by atoms with E-state index in [0.29, 0.717) is 10.0 Å². The Balaban J connectivity index is 3.00. The molecule has 0 aliphatic carbocycles. The Kier molecular flexibility index (Phi) is 6.33. The lowest BCUT2D eigenvalue weighted by Gasteiger charge is -2.14. The van der Waals surface area contributed by atoms with Gasteiger partial charge < -0.3 is 9.80 Å². The van der Waals surface area contributed by atoms with E-state index in [1.54, 1.807) is 26.2 Å². The van der Waals surface area contributed by atoms with Crippen molar-refractivity contribution in [1.29, 1.82) is 0 Å². The van der Waals surface area contributed by atoms with Crippen LogP contribution < -0.4 is 0 Å². The van der Waals surface area contributed by atoms with E-state index in [0.717, 1.165) is 21.6 Å². The number of thioether (sulfide) groups is 2. The van der Waals surface area contributed by atoms with Crippen LogP contribution in [0.1, 0.15) is 0 Å². The third-order valence-electron chi connectivity index (χ3n) is 2.13. The predicted octanol–water partition coefficient (Wildman–Crippen LogP) is 3.95. The van der Waals surface area contributed by atoms with Gasteiger partial charge in [-0.05, 0) is 30.0 Å². The average molecular weight is 325 g/mol. The van der Waals surface area contributed by atoms with Crippen molar-refractivity contribution in [3.8, 4) is 0 Å². The molecule has 0 unspecified atom stereocenters. The van der Waals surface area contributed by atoms with Gasteiger partial charge in [0.05, 0.1) is 6.57 Å². The van der Waals surface area contributed by atoms with Crippen LogP contribution in [0.3, 0.4) is 0 Å². The van der Waals surface area contributed by atoms with E-state index in [9.17, 15) is 4.79 Å². The van der Waals surface area contributed by atoms with Gasteiger partial charge in [0.2, 0.25) is 0 Å². The summed E-state index contributed by atoms with van der Waals surface area (Å²) in [5.74, 6) is 0. The van der Waals surface area contributed by atoms with Crippen LogP contribution in [0.25, 0.3) is 4.85 Å². The van der Waals surface area contributed by atoms with Gasteiger partial charge in [-0.25, -0.2) is 4.85 Å². The summed E-state index contributed by atoms with van der Waals surface area (Å²) in [6.45, 7) is 7.14. The minimum atomic E-state index is -0.0710. The number of carbonyl (C=O) groups excluding carboxylic acids is 1. The Labute approximate surface area is 133 Å². The van der Waals surface area contributed by atoms with Gasteiger partial charge in [-0.2, -0.15) is 0 Å². The molecule has 0 heterocycles. The molecule has 1 aromatic rings. The van der Waals surface area contributed by atoms with Crippen molar-refractivity contribution < 1.29 is 4.79 Å². The molecule has 7 heteroatoms. The molecule has 0 aliphatic heterocycles. The zero-order valence-corrected chi connectivity index (χ0v) is 14.2. The summed E-state index contributed by atoms with van der Waals surface area (Å²) in [6, 6.07) is 5.36. The zero-order valence-electron chi connectivity index (χ0n) is 11.7. The SMILES string of the molecule is [C-]#[N+]c1cc(SC(=O)N(C)C)cc(SC(=S)N(C)C)c1. The van der Waals surface area contributed by atoms with Crippen molar-refractivity contribution in [1.82, 2.24) is 9.80 Å². The molecule has 0 saturated carbocycles. The molecular weight excluding hydrogens is 310 g/mol. The highest BCUT2D eigenvalue weighted by molar-refractivity contribution is 8.23. The molecule has 0 N–H and O–H groups in total. The molecule has 20 heavy (non-hydrogen) atoms. The Morgan fingerprint density at radius 1 is 1.10 bits per heavy atom. The molecule has 0 radical (unpaired) electrons. The van der Waals surface area contributed by atoms with Gasteiger partial charge in [0.1, 0.15) is 4.32 Å². The molecule has 4 nitrogen and oxygen atoms in total. The van der Waals surface area contributed by atoms with E-state index < -0.39 is 0 Å². The molecule has 0 atom stereocenters. The molecule has 1 amide bonds. The van der Waals surface area contributed by atoms with Gasteiger partial charge in [0.25, 0.3) is 5.24 Å². The number of hydrogen-bond donors (Lipinski definition) is 0. The first kappa shape index (κ1) is 16.8. The van der Waals surface area contributed by atoms with Crippen LogP contribution in [0.2, 0.25) is 0 Å². The molecule has 0 spiro atoms. The topological polar surface area (TPSA) is 27.9 Å². The van der Waals surface area contributed by atoms with Crippen LogP contribution in [0.5, 0.6) is 0 Å². The van der Waals surface area contributed by atoms with Gasteiger partial charge in [0, 0.05) is 38.0 Å². The monoisotopic (exact) mass is 325 g/mol. The maximum atomic E-state index is 11.7. The first-order valence-electron chi connectivity index (χ1n) is 5.64. The number of carbonyl (C=O) groups is 1. The first-order chi connectivity index (χ1) is 9.33. The van der Waals surface area contributed by atoms with Crippen molar-refractivity contribution in [2.45, 2.75) is 9.79 Å². The van der Waals surface area contributed by atoms with Gasteiger partial charge in [-0.3, -0.25) is 4.79 Å². The van der Waals surface area contributed by atoms with E-state index in [-0.39, 0.29) is 5.24 Å². The van der Waals surface area contributed by atoms with E-state index in [1.807, 2.05) is 25.1 Å². The molecule has 1 rings (SSSR count). The Morgan fingerprint density at radius 2 is 1.65 bits per heavy atom. The van der Waals surface area contributed by atoms with Crippen molar-refractivity contribution in [2.24, 2.45) is 0 Å². The summed E-state index contributed by atoms with van der Waals surface area (Å²) in [5.41, 5.74) is 0.505. The van der Waals surface area contributed by atoms with E-state index >= 15 is 0 Å². The average Bonchev–Trinajstić information content (AvgIpc) is 2.37. The molecule has 0 fully saturated rings. The van der Waals surface area contributed by atoms with E-state index in [4.69, 9.17) is 18.8 Å². The highest BCUT2D eigenvalue weighted by atomic mass is 32.2. The molecule has 0 saturated heterocycles. The summed E-state index contributed by atoms with van der Waals surface area (Å²) in [7, 11) is 7.15. The standard InChI is InChI=1S/C13H15N3OS3/c1-14-9-6-10(19-12(17)15(2)3)8-11(7-9)20-13(18)16(4)5/h6-8H,2-5H3. The van der Waals surface area contributed by atoms with Crippen LogP contribution in [-0.4, -0.2) is 47.6 Å². The second-order valence-corrected chi connectivity index (χ2v) is 7.03. The lowest BCUT2D eigenvalue weighted by molar-refractivity contribution is 0.241. The number of nitrogens with zero attached hydrogens (tertiary/aromatic N) is 3. The fourth-order valence-corrected chi connectivity index (χ4v) is 2.99. The number of amides is 1. The van der Waals surface area contributed by atoms with Crippen molar-refractivity contribution in [3.05, 3.63) is 29.6 Å². The Bertz CT molecular complexity index is 524. The Hall–Kier alpha value is -1.23. The molecule has 1 aromatic carbocycles.